The number of hydrogen-bond donors (Lipinski definition) is 1. The summed E-state index contributed by atoms with van der Waals surface area (Å²) in [6, 6.07) is 27.1. The van der Waals surface area contributed by atoms with Crippen molar-refractivity contribution in [1.29, 1.82) is 0 Å². The van der Waals surface area contributed by atoms with E-state index in [4.69, 9.17) is 0 Å². The van der Waals surface area contributed by atoms with Crippen molar-refractivity contribution in [3.05, 3.63) is 119 Å². The van der Waals surface area contributed by atoms with Crippen LogP contribution in [-0.2, 0) is 26.6 Å². The molecule has 10 heteroatoms. The second-order valence-corrected chi connectivity index (χ2v) is 12.7. The van der Waals surface area contributed by atoms with Crippen LogP contribution < -0.4 is 4.72 Å². The molecule has 1 heterocycles. The molecule has 188 valence electrons. The van der Waals surface area contributed by atoms with E-state index in [1.54, 1.807) is 60.7 Å². The molecule has 0 aliphatic rings. The topological polar surface area (TPSA) is 85.2 Å². The Labute approximate surface area is 222 Å². The minimum absolute atomic E-state index is 0.0248. The molecule has 37 heavy (non-hydrogen) atoms. The Bertz CT molecular complexity index is 1800. The number of aromatic nitrogens is 1. The van der Waals surface area contributed by atoms with Crippen molar-refractivity contribution in [2.75, 3.05) is 0 Å². The lowest BCUT2D eigenvalue weighted by Crippen LogP contribution is -2.27. The van der Waals surface area contributed by atoms with Gasteiger partial charge < -0.3 is 0 Å². The summed E-state index contributed by atoms with van der Waals surface area (Å²) in [7, 11) is -8.46. The highest BCUT2D eigenvalue weighted by Gasteiger charge is 2.29. The van der Waals surface area contributed by atoms with Gasteiger partial charge in [0, 0.05) is 16.4 Å². The minimum atomic E-state index is -4.25. The van der Waals surface area contributed by atoms with Crippen LogP contribution in [0, 0.1) is 5.82 Å². The van der Waals surface area contributed by atoms with E-state index in [-0.39, 0.29) is 27.8 Å². The summed E-state index contributed by atoms with van der Waals surface area (Å²) in [5.41, 5.74) is 2.60. The molecular weight excluding hydrogens is 579 g/mol. The smallest absolute Gasteiger partial charge is 0.221 e. The monoisotopic (exact) mass is 598 g/mol. The van der Waals surface area contributed by atoms with Crippen molar-refractivity contribution < 1.29 is 21.2 Å². The van der Waals surface area contributed by atoms with E-state index >= 15 is 0 Å². The Balaban J connectivity index is 1.49. The van der Waals surface area contributed by atoms with Crippen LogP contribution in [-0.4, -0.2) is 20.8 Å². The van der Waals surface area contributed by atoms with Crippen molar-refractivity contribution in [1.82, 2.24) is 8.69 Å². The molecule has 5 aromatic rings. The third-order valence-corrected chi connectivity index (χ3v) is 9.57. The first kappa shape index (κ1) is 25.3. The fraction of sp³-hybridized carbons (Fsp3) is 0.0370. The maximum atomic E-state index is 13.6. The second kappa shape index (κ2) is 9.86. The highest BCUT2D eigenvalue weighted by atomic mass is 79.9. The number of benzene rings is 4. The van der Waals surface area contributed by atoms with E-state index in [9.17, 15) is 21.2 Å². The third-order valence-electron chi connectivity index (χ3n) is 5.84. The van der Waals surface area contributed by atoms with Gasteiger partial charge in [-0.05, 0) is 65.2 Å². The largest absolute Gasteiger partial charge is 0.269 e. The van der Waals surface area contributed by atoms with Gasteiger partial charge in [-0.2, -0.15) is 0 Å². The van der Waals surface area contributed by atoms with Crippen molar-refractivity contribution >= 4 is 46.9 Å². The van der Waals surface area contributed by atoms with Crippen LogP contribution in [0.15, 0.2) is 118 Å². The highest BCUT2D eigenvalue weighted by molar-refractivity contribution is 9.10. The molecule has 6 nitrogen and oxygen atoms in total. The molecule has 0 fully saturated rings. The fourth-order valence-electron chi connectivity index (χ4n) is 3.98. The number of hydrogen-bond acceptors (Lipinski definition) is 4. The van der Waals surface area contributed by atoms with Crippen LogP contribution in [0.25, 0.3) is 22.0 Å². The van der Waals surface area contributed by atoms with E-state index < -0.39 is 20.0 Å². The number of fused-ring (bicyclic) bond motifs is 1. The molecule has 4 aromatic carbocycles. The van der Waals surface area contributed by atoms with Crippen molar-refractivity contribution in [3.8, 4) is 11.1 Å². The van der Waals surface area contributed by atoms with Gasteiger partial charge >= 0.3 is 0 Å². The van der Waals surface area contributed by atoms with Crippen molar-refractivity contribution in [2.45, 2.75) is 16.5 Å². The Kier molecular flexibility index (Phi) is 6.76. The zero-order valence-corrected chi connectivity index (χ0v) is 22.4. The molecule has 0 radical (unpaired) electrons. The molecule has 1 N–H and O–H groups in total. The standard InChI is InChI=1S/C27H20BrFN2O4S2/c28-23-12-15-26-22(16-23)17-27(31(26)37(34,35)25-4-2-1-3-5-25)36(32,33)30-18-19-6-8-20(9-7-19)21-10-13-24(29)14-11-21/h1-17,30H,18H2. The van der Waals surface area contributed by atoms with Crippen LogP contribution in [0.3, 0.4) is 0 Å². The fourth-order valence-corrected chi connectivity index (χ4v) is 7.48. The van der Waals surface area contributed by atoms with Crippen molar-refractivity contribution in [3.63, 3.8) is 0 Å². The summed E-state index contributed by atoms with van der Waals surface area (Å²) in [4.78, 5) is -0.0248. The van der Waals surface area contributed by atoms with Crippen molar-refractivity contribution in [2.24, 2.45) is 0 Å². The van der Waals surface area contributed by atoms with E-state index in [2.05, 4.69) is 20.7 Å². The molecular formula is C27H20BrFN2O4S2. The molecule has 0 saturated carbocycles. The van der Waals surface area contributed by atoms with Gasteiger partial charge in [-0.1, -0.05) is 70.5 Å². The van der Waals surface area contributed by atoms with E-state index in [0.29, 0.717) is 15.4 Å². The molecule has 0 spiro atoms. The van der Waals surface area contributed by atoms with Gasteiger partial charge in [-0.3, -0.25) is 0 Å². The Morgan fingerprint density at radius 3 is 2.03 bits per heavy atom. The summed E-state index contributed by atoms with van der Waals surface area (Å²) in [6.45, 7) is -0.0529. The zero-order chi connectivity index (χ0) is 26.2. The molecule has 0 amide bonds. The summed E-state index contributed by atoms with van der Waals surface area (Å²) in [5, 5.41) is 0.0743. The second-order valence-electron chi connectivity index (χ2n) is 8.30. The van der Waals surface area contributed by atoms with Crippen LogP contribution >= 0.6 is 15.9 Å². The third kappa shape index (κ3) is 5.10. The Morgan fingerprint density at radius 1 is 0.757 bits per heavy atom. The maximum Gasteiger partial charge on any atom is 0.269 e. The number of nitrogens with zero attached hydrogens (tertiary/aromatic N) is 1. The van der Waals surface area contributed by atoms with Gasteiger partial charge in [0.25, 0.3) is 20.0 Å². The lowest BCUT2D eigenvalue weighted by Gasteiger charge is -2.13. The molecule has 0 bridgehead atoms. The van der Waals surface area contributed by atoms with Crippen LogP contribution in [0.5, 0.6) is 0 Å². The van der Waals surface area contributed by atoms with Crippen LogP contribution in [0.2, 0.25) is 0 Å². The minimum Gasteiger partial charge on any atom is -0.221 e. The van der Waals surface area contributed by atoms with Gasteiger partial charge in [-0.15, -0.1) is 0 Å². The summed E-state index contributed by atoms with van der Waals surface area (Å²) in [6.07, 6.45) is 0. The predicted octanol–water partition coefficient (Wildman–Crippen LogP) is 5.93. The molecule has 0 unspecified atom stereocenters. The first-order valence-corrected chi connectivity index (χ1v) is 14.8. The van der Waals surface area contributed by atoms with E-state index in [1.165, 1.54) is 30.3 Å². The number of halogens is 2. The van der Waals surface area contributed by atoms with Gasteiger partial charge in [0.2, 0.25) is 0 Å². The molecule has 0 aliphatic carbocycles. The lowest BCUT2D eigenvalue weighted by molar-refractivity contribution is 0.565. The molecule has 0 aliphatic heterocycles. The van der Waals surface area contributed by atoms with Crippen LogP contribution in [0.4, 0.5) is 4.39 Å². The molecule has 1 aromatic heterocycles. The Hall–Kier alpha value is -3.31. The quantitative estimate of drug-likeness (QED) is 0.252. The van der Waals surface area contributed by atoms with Gasteiger partial charge in [-0.25, -0.2) is 29.9 Å². The lowest BCUT2D eigenvalue weighted by atomic mass is 10.0. The summed E-state index contributed by atoms with van der Waals surface area (Å²) >= 11 is 3.36. The summed E-state index contributed by atoms with van der Waals surface area (Å²) in [5.74, 6) is -0.325. The average molecular weight is 600 g/mol. The van der Waals surface area contributed by atoms with Gasteiger partial charge in [0.15, 0.2) is 5.03 Å². The van der Waals surface area contributed by atoms with E-state index in [0.717, 1.165) is 15.1 Å². The number of rotatable bonds is 7. The zero-order valence-electron chi connectivity index (χ0n) is 19.2. The summed E-state index contributed by atoms with van der Waals surface area (Å²) < 4.78 is 71.3. The molecule has 5 rings (SSSR count). The van der Waals surface area contributed by atoms with Gasteiger partial charge in [0.05, 0.1) is 10.4 Å². The molecule has 0 atom stereocenters. The normalized spacial score (nSPS) is 12.2. The predicted molar refractivity (Wildman–Crippen MR) is 145 cm³/mol. The highest BCUT2D eigenvalue weighted by Crippen LogP contribution is 2.30. The number of nitrogens with one attached hydrogen (secondary N) is 1. The van der Waals surface area contributed by atoms with Crippen LogP contribution in [0.1, 0.15) is 5.56 Å². The maximum absolute atomic E-state index is 13.6. The van der Waals surface area contributed by atoms with Gasteiger partial charge in [0.1, 0.15) is 5.82 Å². The Morgan fingerprint density at radius 2 is 1.38 bits per heavy atom. The average Bonchev–Trinajstić information content (AvgIpc) is 3.29. The van der Waals surface area contributed by atoms with E-state index in [1.807, 2.05) is 12.1 Å². The molecule has 0 saturated heterocycles. The SMILES string of the molecule is O=S(=O)(NCc1ccc(-c2ccc(F)cc2)cc1)c1cc2cc(Br)ccc2n1S(=O)(=O)c1ccccc1. The first-order chi connectivity index (χ1) is 17.6. The first-order valence-electron chi connectivity index (χ1n) is 11.1. The number of sulfonamides is 1.